The Bertz CT molecular complexity index is 638. The highest BCUT2D eigenvalue weighted by Crippen LogP contribution is 2.25. The predicted octanol–water partition coefficient (Wildman–Crippen LogP) is 5.08. The van der Waals surface area contributed by atoms with Crippen molar-refractivity contribution in [2.45, 2.75) is 13.8 Å². The van der Waals surface area contributed by atoms with E-state index in [4.69, 9.17) is 0 Å². The highest BCUT2D eigenvalue weighted by atomic mass is 79.9. The normalized spacial score (nSPS) is 10.3. The van der Waals surface area contributed by atoms with Crippen LogP contribution in [0.3, 0.4) is 0 Å². The predicted molar refractivity (Wildman–Crippen MR) is 85.7 cm³/mol. The fourth-order valence-electron chi connectivity index (χ4n) is 1.74. The van der Waals surface area contributed by atoms with Crippen molar-refractivity contribution >= 4 is 43.5 Å². The van der Waals surface area contributed by atoms with Crippen molar-refractivity contribution in [3.05, 3.63) is 62.0 Å². The van der Waals surface area contributed by atoms with E-state index in [9.17, 15) is 4.79 Å². The molecular formula is C15H13Br2NO. The molecule has 0 heterocycles. The number of hydrogen-bond donors (Lipinski definition) is 1. The Morgan fingerprint density at radius 3 is 2.47 bits per heavy atom. The molecule has 0 radical (unpaired) electrons. The Hall–Kier alpha value is -1.13. The molecule has 2 aromatic carbocycles. The van der Waals surface area contributed by atoms with Gasteiger partial charge in [-0.2, -0.15) is 0 Å². The van der Waals surface area contributed by atoms with Gasteiger partial charge in [0, 0.05) is 14.6 Å². The molecule has 2 rings (SSSR count). The third-order valence-corrected chi connectivity index (χ3v) is 4.40. The zero-order chi connectivity index (χ0) is 14.0. The van der Waals surface area contributed by atoms with E-state index in [1.54, 1.807) is 0 Å². The Labute approximate surface area is 129 Å². The average Bonchev–Trinajstić information content (AvgIpc) is 2.34. The second-order valence-corrected chi connectivity index (χ2v) is 6.06. The van der Waals surface area contributed by atoms with Crippen LogP contribution in [-0.2, 0) is 0 Å². The highest BCUT2D eigenvalue weighted by molar-refractivity contribution is 9.10. The molecule has 0 saturated carbocycles. The fourth-order valence-corrected chi connectivity index (χ4v) is 2.78. The van der Waals surface area contributed by atoms with E-state index >= 15 is 0 Å². The topological polar surface area (TPSA) is 29.1 Å². The van der Waals surface area contributed by atoms with E-state index in [1.165, 1.54) is 0 Å². The van der Waals surface area contributed by atoms with Gasteiger partial charge >= 0.3 is 0 Å². The van der Waals surface area contributed by atoms with Gasteiger partial charge < -0.3 is 5.32 Å². The minimum Gasteiger partial charge on any atom is -0.322 e. The SMILES string of the molecule is Cc1ccc(C(=O)Nc2cccc(Br)c2C)c(Br)c1. The van der Waals surface area contributed by atoms with Crippen LogP contribution in [0.25, 0.3) is 0 Å². The Balaban J connectivity index is 2.28. The first kappa shape index (κ1) is 14.3. The molecule has 2 aromatic rings. The first-order valence-electron chi connectivity index (χ1n) is 5.81. The molecule has 0 spiro atoms. The van der Waals surface area contributed by atoms with Gasteiger partial charge in [0.05, 0.1) is 5.56 Å². The largest absolute Gasteiger partial charge is 0.322 e. The number of halogens is 2. The number of nitrogens with one attached hydrogen (secondary N) is 1. The summed E-state index contributed by atoms with van der Waals surface area (Å²) in [5.74, 6) is -0.118. The van der Waals surface area contributed by atoms with E-state index in [0.29, 0.717) is 5.56 Å². The molecule has 19 heavy (non-hydrogen) atoms. The molecule has 0 aliphatic carbocycles. The quantitative estimate of drug-likeness (QED) is 0.770. The van der Waals surface area contributed by atoms with Crippen LogP contribution in [0, 0.1) is 13.8 Å². The van der Waals surface area contributed by atoms with Crippen LogP contribution in [-0.4, -0.2) is 5.91 Å². The molecule has 0 unspecified atom stereocenters. The second kappa shape index (κ2) is 5.88. The van der Waals surface area contributed by atoms with Crippen LogP contribution in [0.1, 0.15) is 21.5 Å². The average molecular weight is 383 g/mol. The van der Waals surface area contributed by atoms with Crippen molar-refractivity contribution in [1.29, 1.82) is 0 Å². The summed E-state index contributed by atoms with van der Waals surface area (Å²) in [6, 6.07) is 11.4. The van der Waals surface area contributed by atoms with Crippen molar-refractivity contribution < 1.29 is 4.79 Å². The van der Waals surface area contributed by atoms with Gasteiger partial charge in [-0.1, -0.05) is 28.1 Å². The van der Waals surface area contributed by atoms with E-state index in [-0.39, 0.29) is 5.91 Å². The number of aryl methyl sites for hydroxylation is 1. The van der Waals surface area contributed by atoms with E-state index in [1.807, 2.05) is 50.2 Å². The molecule has 1 N–H and O–H groups in total. The molecule has 0 aromatic heterocycles. The van der Waals surface area contributed by atoms with E-state index in [0.717, 1.165) is 25.8 Å². The van der Waals surface area contributed by atoms with Crippen LogP contribution in [0.2, 0.25) is 0 Å². The molecule has 0 aliphatic heterocycles. The van der Waals surface area contributed by atoms with Gasteiger partial charge in [0.25, 0.3) is 5.91 Å². The van der Waals surface area contributed by atoms with Gasteiger partial charge in [0.2, 0.25) is 0 Å². The Morgan fingerprint density at radius 2 is 1.79 bits per heavy atom. The van der Waals surface area contributed by atoms with Gasteiger partial charge in [0.15, 0.2) is 0 Å². The fraction of sp³-hybridized carbons (Fsp3) is 0.133. The molecule has 0 aliphatic rings. The lowest BCUT2D eigenvalue weighted by Crippen LogP contribution is -2.13. The van der Waals surface area contributed by atoms with E-state index in [2.05, 4.69) is 37.2 Å². The molecule has 98 valence electrons. The molecule has 0 saturated heterocycles. The molecule has 4 heteroatoms. The monoisotopic (exact) mass is 381 g/mol. The Kier molecular flexibility index (Phi) is 4.42. The lowest BCUT2D eigenvalue weighted by atomic mass is 10.1. The van der Waals surface area contributed by atoms with Crippen LogP contribution in [0.4, 0.5) is 5.69 Å². The molecule has 0 atom stereocenters. The maximum atomic E-state index is 12.3. The number of carbonyl (C=O) groups excluding carboxylic acids is 1. The lowest BCUT2D eigenvalue weighted by Gasteiger charge is -2.11. The minimum absolute atomic E-state index is 0.118. The van der Waals surface area contributed by atoms with Crippen LogP contribution in [0.15, 0.2) is 45.3 Å². The van der Waals surface area contributed by atoms with Crippen molar-refractivity contribution in [3.8, 4) is 0 Å². The van der Waals surface area contributed by atoms with Crippen molar-refractivity contribution in [2.24, 2.45) is 0 Å². The molecule has 1 amide bonds. The summed E-state index contributed by atoms with van der Waals surface area (Å²) >= 11 is 6.88. The van der Waals surface area contributed by atoms with Crippen molar-refractivity contribution in [1.82, 2.24) is 0 Å². The lowest BCUT2D eigenvalue weighted by molar-refractivity contribution is 0.102. The Morgan fingerprint density at radius 1 is 1.05 bits per heavy atom. The molecular weight excluding hydrogens is 370 g/mol. The number of rotatable bonds is 2. The van der Waals surface area contributed by atoms with E-state index < -0.39 is 0 Å². The summed E-state index contributed by atoms with van der Waals surface area (Å²) in [5.41, 5.74) is 3.57. The zero-order valence-electron chi connectivity index (χ0n) is 10.6. The summed E-state index contributed by atoms with van der Waals surface area (Å²) in [6.07, 6.45) is 0. The first-order chi connectivity index (χ1) is 8.99. The smallest absolute Gasteiger partial charge is 0.256 e. The molecule has 0 fully saturated rings. The van der Waals surface area contributed by atoms with Crippen LogP contribution < -0.4 is 5.32 Å². The first-order valence-corrected chi connectivity index (χ1v) is 7.40. The summed E-state index contributed by atoms with van der Waals surface area (Å²) in [7, 11) is 0. The molecule has 2 nitrogen and oxygen atoms in total. The van der Waals surface area contributed by atoms with Gasteiger partial charge in [0.1, 0.15) is 0 Å². The standard InChI is InChI=1S/C15H13Br2NO/c1-9-6-7-11(13(17)8-9)15(19)18-14-5-3-4-12(16)10(14)2/h3-8H,1-2H3,(H,18,19). The summed E-state index contributed by atoms with van der Waals surface area (Å²) < 4.78 is 1.78. The number of amides is 1. The van der Waals surface area contributed by atoms with Gasteiger partial charge in [-0.3, -0.25) is 4.79 Å². The van der Waals surface area contributed by atoms with Crippen LogP contribution >= 0.6 is 31.9 Å². The third-order valence-electron chi connectivity index (χ3n) is 2.89. The van der Waals surface area contributed by atoms with Gasteiger partial charge in [-0.25, -0.2) is 0 Å². The summed E-state index contributed by atoms with van der Waals surface area (Å²) in [4.78, 5) is 12.3. The number of carbonyl (C=O) groups is 1. The van der Waals surface area contributed by atoms with Crippen molar-refractivity contribution in [2.75, 3.05) is 5.32 Å². The minimum atomic E-state index is -0.118. The summed E-state index contributed by atoms with van der Waals surface area (Å²) in [5, 5.41) is 2.93. The van der Waals surface area contributed by atoms with Gasteiger partial charge in [-0.05, 0) is 65.2 Å². The number of anilines is 1. The molecule has 0 bridgehead atoms. The number of hydrogen-bond acceptors (Lipinski definition) is 1. The maximum absolute atomic E-state index is 12.3. The van der Waals surface area contributed by atoms with Crippen molar-refractivity contribution in [3.63, 3.8) is 0 Å². The van der Waals surface area contributed by atoms with Gasteiger partial charge in [-0.15, -0.1) is 0 Å². The summed E-state index contributed by atoms with van der Waals surface area (Å²) in [6.45, 7) is 3.95. The van der Waals surface area contributed by atoms with Crippen LogP contribution in [0.5, 0.6) is 0 Å². The highest BCUT2D eigenvalue weighted by Gasteiger charge is 2.11. The number of benzene rings is 2. The third kappa shape index (κ3) is 3.25. The zero-order valence-corrected chi connectivity index (χ0v) is 13.8. The maximum Gasteiger partial charge on any atom is 0.256 e. The second-order valence-electron chi connectivity index (χ2n) is 4.35.